The molecule has 5 nitrogen and oxygen atoms in total. The summed E-state index contributed by atoms with van der Waals surface area (Å²) in [6, 6.07) is 27.1. The van der Waals surface area contributed by atoms with E-state index in [2.05, 4.69) is 20.5 Å². The van der Waals surface area contributed by atoms with Gasteiger partial charge in [-0.2, -0.15) is 5.10 Å². The molecule has 0 bridgehead atoms. The van der Waals surface area contributed by atoms with Crippen LogP contribution in [0.1, 0.15) is 16.2 Å². The fraction of sp³-hybridized carbons (Fsp3) is 0. The van der Waals surface area contributed by atoms with Crippen LogP contribution in [0.25, 0.3) is 22.5 Å². The highest BCUT2D eigenvalue weighted by molar-refractivity contribution is 5.92. The predicted molar refractivity (Wildman–Crippen MR) is 114 cm³/mol. The van der Waals surface area contributed by atoms with Crippen molar-refractivity contribution in [2.24, 2.45) is 5.10 Å². The van der Waals surface area contributed by atoms with Crippen molar-refractivity contribution < 1.29 is 9.18 Å². The van der Waals surface area contributed by atoms with Gasteiger partial charge in [0.2, 0.25) is 5.82 Å². The van der Waals surface area contributed by atoms with Crippen LogP contribution in [-0.4, -0.2) is 22.1 Å². The minimum Gasteiger partial charge on any atom is -0.264 e. The molecular formula is C24H17FN4O. The number of hydrogen-bond acceptors (Lipinski definition) is 4. The third kappa shape index (κ3) is 4.44. The van der Waals surface area contributed by atoms with E-state index in [1.807, 2.05) is 66.7 Å². The second-order valence-corrected chi connectivity index (χ2v) is 6.41. The molecule has 30 heavy (non-hydrogen) atoms. The highest BCUT2D eigenvalue weighted by Gasteiger charge is 2.14. The summed E-state index contributed by atoms with van der Waals surface area (Å²) in [4.78, 5) is 21.4. The second-order valence-electron chi connectivity index (χ2n) is 6.41. The fourth-order valence-electron chi connectivity index (χ4n) is 2.85. The lowest BCUT2D eigenvalue weighted by Crippen LogP contribution is -2.21. The van der Waals surface area contributed by atoms with Crippen LogP contribution in [0.4, 0.5) is 4.39 Å². The number of nitrogens with zero attached hydrogens (tertiary/aromatic N) is 3. The van der Waals surface area contributed by atoms with Crippen LogP contribution in [-0.2, 0) is 0 Å². The number of hydrogen-bond donors (Lipinski definition) is 1. The largest absolute Gasteiger partial charge is 0.309 e. The smallest absolute Gasteiger partial charge is 0.264 e. The molecule has 0 aliphatic heterocycles. The average molecular weight is 396 g/mol. The van der Waals surface area contributed by atoms with Gasteiger partial charge in [-0.15, -0.1) is 0 Å². The molecule has 0 saturated heterocycles. The van der Waals surface area contributed by atoms with Crippen molar-refractivity contribution in [3.63, 3.8) is 0 Å². The lowest BCUT2D eigenvalue weighted by molar-refractivity contribution is 0.0945. The molecule has 0 spiro atoms. The molecule has 0 radical (unpaired) electrons. The molecule has 0 unspecified atom stereocenters. The summed E-state index contributed by atoms with van der Waals surface area (Å²) < 4.78 is 13.7. The molecule has 146 valence electrons. The minimum atomic E-state index is -0.586. The molecule has 4 rings (SSSR count). The molecule has 0 saturated carbocycles. The Morgan fingerprint density at radius 3 is 1.90 bits per heavy atom. The molecular weight excluding hydrogens is 379 g/mol. The molecule has 1 heterocycles. The van der Waals surface area contributed by atoms with Crippen molar-refractivity contribution in [2.45, 2.75) is 0 Å². The SMILES string of the molecule is O=C(N/N=C/c1ccccc1F)c1nc(-c2ccccc2)cc(-c2ccccc2)n1. The zero-order valence-corrected chi connectivity index (χ0v) is 15.9. The summed E-state index contributed by atoms with van der Waals surface area (Å²) in [5.41, 5.74) is 5.60. The molecule has 0 aliphatic carbocycles. The van der Waals surface area contributed by atoms with Gasteiger partial charge in [0.05, 0.1) is 17.6 Å². The van der Waals surface area contributed by atoms with Crippen LogP contribution in [0.3, 0.4) is 0 Å². The van der Waals surface area contributed by atoms with Gasteiger partial charge in [-0.3, -0.25) is 4.79 Å². The Labute approximate surface area is 173 Å². The number of carbonyl (C=O) groups excluding carboxylic acids is 1. The van der Waals surface area contributed by atoms with Gasteiger partial charge in [0.15, 0.2) is 0 Å². The van der Waals surface area contributed by atoms with Crippen molar-refractivity contribution >= 4 is 12.1 Å². The van der Waals surface area contributed by atoms with Crippen LogP contribution in [0.2, 0.25) is 0 Å². The molecule has 0 fully saturated rings. The number of rotatable bonds is 5. The molecule has 4 aromatic rings. The molecule has 0 aliphatic rings. The van der Waals surface area contributed by atoms with Gasteiger partial charge in [0.1, 0.15) is 5.82 Å². The van der Waals surface area contributed by atoms with E-state index in [4.69, 9.17) is 0 Å². The zero-order chi connectivity index (χ0) is 20.8. The van der Waals surface area contributed by atoms with E-state index in [9.17, 15) is 9.18 Å². The van der Waals surface area contributed by atoms with Crippen molar-refractivity contribution in [2.75, 3.05) is 0 Å². The maximum absolute atomic E-state index is 13.7. The lowest BCUT2D eigenvalue weighted by atomic mass is 10.1. The number of hydrazone groups is 1. The van der Waals surface area contributed by atoms with Crippen molar-refractivity contribution in [1.29, 1.82) is 0 Å². The van der Waals surface area contributed by atoms with E-state index >= 15 is 0 Å². The van der Waals surface area contributed by atoms with Crippen molar-refractivity contribution in [3.8, 4) is 22.5 Å². The summed E-state index contributed by atoms with van der Waals surface area (Å²) in [5, 5.41) is 3.84. The number of aromatic nitrogens is 2. The number of amides is 1. The standard InChI is InChI=1S/C24H17FN4O/c25-20-14-8-7-13-19(20)16-26-29-24(30)23-27-21(17-9-3-1-4-10-17)15-22(28-23)18-11-5-2-6-12-18/h1-16H,(H,29,30)/b26-16+. The molecule has 3 aromatic carbocycles. The highest BCUT2D eigenvalue weighted by Crippen LogP contribution is 2.23. The molecule has 1 amide bonds. The summed E-state index contributed by atoms with van der Waals surface area (Å²) in [6.07, 6.45) is 1.24. The highest BCUT2D eigenvalue weighted by atomic mass is 19.1. The van der Waals surface area contributed by atoms with Crippen molar-refractivity contribution in [3.05, 3.63) is 108 Å². The van der Waals surface area contributed by atoms with Gasteiger partial charge < -0.3 is 0 Å². The van der Waals surface area contributed by atoms with Gasteiger partial charge in [0, 0.05) is 16.7 Å². The fourth-order valence-corrected chi connectivity index (χ4v) is 2.85. The Bertz CT molecular complexity index is 1140. The maximum Gasteiger partial charge on any atom is 0.309 e. The van der Waals surface area contributed by atoms with Crippen LogP contribution >= 0.6 is 0 Å². The Morgan fingerprint density at radius 2 is 1.33 bits per heavy atom. The number of benzene rings is 3. The van der Waals surface area contributed by atoms with Gasteiger partial charge in [-0.1, -0.05) is 78.9 Å². The quantitative estimate of drug-likeness (QED) is 0.392. The average Bonchev–Trinajstić information content (AvgIpc) is 2.81. The van der Waals surface area contributed by atoms with Crippen LogP contribution in [0.5, 0.6) is 0 Å². The lowest BCUT2D eigenvalue weighted by Gasteiger charge is -2.08. The van der Waals surface area contributed by atoms with Gasteiger partial charge >= 0.3 is 5.91 Å². The third-order valence-electron chi connectivity index (χ3n) is 4.34. The first kappa shape index (κ1) is 19.1. The Balaban J connectivity index is 1.66. The Kier molecular flexibility index (Phi) is 5.66. The van der Waals surface area contributed by atoms with E-state index in [1.54, 1.807) is 18.2 Å². The predicted octanol–water partition coefficient (Wildman–Crippen LogP) is 4.71. The molecule has 0 atom stereocenters. The maximum atomic E-state index is 13.7. The van der Waals surface area contributed by atoms with Gasteiger partial charge in [-0.05, 0) is 12.1 Å². The Hall–Kier alpha value is -4.19. The number of halogens is 1. The Morgan fingerprint density at radius 1 is 0.800 bits per heavy atom. The van der Waals surface area contributed by atoms with Crippen LogP contribution in [0.15, 0.2) is 96.1 Å². The third-order valence-corrected chi connectivity index (χ3v) is 4.34. The topological polar surface area (TPSA) is 67.2 Å². The van der Waals surface area contributed by atoms with Crippen LogP contribution < -0.4 is 5.43 Å². The van der Waals surface area contributed by atoms with E-state index in [0.29, 0.717) is 11.4 Å². The van der Waals surface area contributed by atoms with E-state index in [0.717, 1.165) is 11.1 Å². The monoisotopic (exact) mass is 396 g/mol. The zero-order valence-electron chi connectivity index (χ0n) is 15.9. The summed E-state index contributed by atoms with van der Waals surface area (Å²) >= 11 is 0. The van der Waals surface area contributed by atoms with Crippen molar-refractivity contribution in [1.82, 2.24) is 15.4 Å². The molecule has 1 aromatic heterocycles. The molecule has 6 heteroatoms. The first-order valence-corrected chi connectivity index (χ1v) is 9.28. The van der Waals surface area contributed by atoms with E-state index in [-0.39, 0.29) is 11.4 Å². The summed E-state index contributed by atoms with van der Waals surface area (Å²) in [7, 11) is 0. The van der Waals surface area contributed by atoms with Gasteiger partial charge in [0.25, 0.3) is 0 Å². The van der Waals surface area contributed by atoms with Gasteiger partial charge in [-0.25, -0.2) is 19.8 Å². The van der Waals surface area contributed by atoms with E-state index < -0.39 is 11.7 Å². The summed E-state index contributed by atoms with van der Waals surface area (Å²) in [5.74, 6) is -1.04. The summed E-state index contributed by atoms with van der Waals surface area (Å²) in [6.45, 7) is 0. The normalized spacial score (nSPS) is 10.8. The number of nitrogens with one attached hydrogen (secondary N) is 1. The number of carbonyl (C=O) groups is 1. The minimum absolute atomic E-state index is 0.0270. The second kappa shape index (κ2) is 8.87. The van der Waals surface area contributed by atoms with Crippen LogP contribution in [0, 0.1) is 5.82 Å². The first-order valence-electron chi connectivity index (χ1n) is 9.28. The molecule has 1 N–H and O–H groups in total. The van der Waals surface area contributed by atoms with E-state index in [1.165, 1.54) is 12.3 Å². The first-order chi connectivity index (χ1) is 14.7.